The largest absolute Gasteiger partial charge is 0.299 e. The van der Waals surface area contributed by atoms with Crippen LogP contribution in [-0.4, -0.2) is 15.5 Å². The first-order valence-corrected chi connectivity index (χ1v) is 6.16. The van der Waals surface area contributed by atoms with Crippen LogP contribution in [0.3, 0.4) is 0 Å². The van der Waals surface area contributed by atoms with E-state index in [1.807, 2.05) is 18.2 Å². The van der Waals surface area contributed by atoms with Gasteiger partial charge in [-0.3, -0.25) is 19.6 Å². The van der Waals surface area contributed by atoms with Crippen LogP contribution in [0.25, 0.3) is 10.9 Å². The van der Waals surface area contributed by atoms with Crippen molar-refractivity contribution in [2.75, 3.05) is 0 Å². The van der Waals surface area contributed by atoms with Crippen molar-refractivity contribution >= 4 is 16.8 Å². The van der Waals surface area contributed by atoms with Crippen molar-refractivity contribution in [3.8, 4) is 0 Å². The Morgan fingerprint density at radius 1 is 1.32 bits per heavy atom. The van der Waals surface area contributed by atoms with Crippen LogP contribution in [0.15, 0.2) is 35.4 Å². The van der Waals surface area contributed by atoms with E-state index in [2.05, 4.69) is 10.4 Å². The molecule has 19 heavy (non-hydrogen) atoms. The molecule has 0 spiro atoms. The maximum absolute atomic E-state index is 12.1. The Bertz CT molecular complexity index is 636. The van der Waals surface area contributed by atoms with Gasteiger partial charge in [-0.25, -0.2) is 10.8 Å². The number of aryl methyl sites for hydroxylation is 1. The molecule has 3 N–H and O–H groups in total. The van der Waals surface area contributed by atoms with Crippen molar-refractivity contribution in [3.05, 3.63) is 40.9 Å². The summed E-state index contributed by atoms with van der Waals surface area (Å²) >= 11 is 0. The van der Waals surface area contributed by atoms with E-state index < -0.39 is 0 Å². The number of nitrogens with zero attached hydrogens (tertiary/aromatic N) is 2. The SMILES string of the molecule is NNC(=O)CCCCn1cnc2ccccc2c1=O. The third-order valence-electron chi connectivity index (χ3n) is 2.95. The fourth-order valence-electron chi connectivity index (χ4n) is 1.91. The second-order valence-electron chi connectivity index (χ2n) is 4.28. The van der Waals surface area contributed by atoms with Crippen molar-refractivity contribution in [1.29, 1.82) is 0 Å². The van der Waals surface area contributed by atoms with Gasteiger partial charge in [0.05, 0.1) is 17.2 Å². The molecule has 1 heterocycles. The topological polar surface area (TPSA) is 90.0 Å². The number of amides is 1. The van der Waals surface area contributed by atoms with Crippen LogP contribution in [0, 0.1) is 0 Å². The lowest BCUT2D eigenvalue weighted by atomic mass is 10.2. The second-order valence-corrected chi connectivity index (χ2v) is 4.28. The number of carbonyl (C=O) groups excluding carboxylic acids is 1. The summed E-state index contributed by atoms with van der Waals surface area (Å²) in [6.07, 6.45) is 3.33. The number of fused-ring (bicyclic) bond motifs is 1. The third-order valence-corrected chi connectivity index (χ3v) is 2.95. The van der Waals surface area contributed by atoms with E-state index in [-0.39, 0.29) is 11.5 Å². The average Bonchev–Trinajstić information content (AvgIpc) is 2.45. The van der Waals surface area contributed by atoms with Gasteiger partial charge in [-0.05, 0) is 25.0 Å². The molecule has 0 fully saturated rings. The Balaban J connectivity index is 2.03. The van der Waals surface area contributed by atoms with Gasteiger partial charge in [0, 0.05) is 13.0 Å². The number of nitrogens with two attached hydrogens (primary N) is 1. The molecule has 6 nitrogen and oxygen atoms in total. The van der Waals surface area contributed by atoms with E-state index in [1.165, 1.54) is 0 Å². The standard InChI is InChI=1S/C13H16N4O2/c14-16-12(18)7-3-4-8-17-9-15-11-6-2-1-5-10(11)13(17)19/h1-2,5-6,9H,3-4,7-8,14H2,(H,16,18). The fraction of sp³-hybridized carbons (Fsp3) is 0.308. The van der Waals surface area contributed by atoms with Crippen molar-refractivity contribution in [1.82, 2.24) is 15.0 Å². The zero-order valence-corrected chi connectivity index (χ0v) is 10.5. The lowest BCUT2D eigenvalue weighted by molar-refractivity contribution is -0.121. The van der Waals surface area contributed by atoms with Gasteiger partial charge in [-0.15, -0.1) is 0 Å². The molecule has 0 aliphatic heterocycles. The van der Waals surface area contributed by atoms with Crippen LogP contribution in [0.2, 0.25) is 0 Å². The molecular weight excluding hydrogens is 244 g/mol. The van der Waals surface area contributed by atoms with Crippen molar-refractivity contribution in [2.24, 2.45) is 5.84 Å². The van der Waals surface area contributed by atoms with Crippen LogP contribution < -0.4 is 16.8 Å². The number of para-hydroxylation sites is 1. The summed E-state index contributed by atoms with van der Waals surface area (Å²) in [5, 5.41) is 0.615. The summed E-state index contributed by atoms with van der Waals surface area (Å²) < 4.78 is 1.57. The highest BCUT2D eigenvalue weighted by Gasteiger charge is 2.03. The summed E-state index contributed by atoms with van der Waals surface area (Å²) in [6, 6.07) is 7.25. The lowest BCUT2D eigenvalue weighted by Crippen LogP contribution is -2.29. The number of rotatable bonds is 5. The minimum absolute atomic E-state index is 0.0473. The Hall–Kier alpha value is -2.21. The number of nitrogens with one attached hydrogen (secondary N) is 1. The number of carbonyl (C=O) groups is 1. The molecule has 0 aliphatic carbocycles. The molecule has 0 saturated carbocycles. The van der Waals surface area contributed by atoms with Crippen molar-refractivity contribution in [2.45, 2.75) is 25.8 Å². The van der Waals surface area contributed by atoms with Gasteiger partial charge in [0.1, 0.15) is 0 Å². The highest BCUT2D eigenvalue weighted by atomic mass is 16.2. The van der Waals surface area contributed by atoms with Crippen LogP contribution in [0.4, 0.5) is 0 Å². The van der Waals surface area contributed by atoms with Crippen molar-refractivity contribution < 1.29 is 4.79 Å². The summed E-state index contributed by atoms with van der Waals surface area (Å²) in [5.74, 6) is 4.80. The second kappa shape index (κ2) is 6.10. The maximum Gasteiger partial charge on any atom is 0.261 e. The highest BCUT2D eigenvalue weighted by Crippen LogP contribution is 2.05. The lowest BCUT2D eigenvalue weighted by Gasteiger charge is -2.06. The molecule has 0 radical (unpaired) electrons. The summed E-state index contributed by atoms with van der Waals surface area (Å²) in [6.45, 7) is 0.550. The molecule has 6 heteroatoms. The van der Waals surface area contributed by atoms with Gasteiger partial charge < -0.3 is 0 Å². The van der Waals surface area contributed by atoms with E-state index in [0.29, 0.717) is 30.3 Å². The van der Waals surface area contributed by atoms with Gasteiger partial charge in [0.25, 0.3) is 5.56 Å². The number of aromatic nitrogens is 2. The monoisotopic (exact) mass is 260 g/mol. The molecule has 100 valence electrons. The van der Waals surface area contributed by atoms with Crippen LogP contribution in [-0.2, 0) is 11.3 Å². The van der Waals surface area contributed by atoms with E-state index in [0.717, 1.165) is 6.42 Å². The highest BCUT2D eigenvalue weighted by molar-refractivity contribution is 5.76. The van der Waals surface area contributed by atoms with Gasteiger partial charge >= 0.3 is 0 Å². The minimum Gasteiger partial charge on any atom is -0.299 e. The smallest absolute Gasteiger partial charge is 0.261 e. The van der Waals surface area contributed by atoms with Crippen LogP contribution >= 0.6 is 0 Å². The molecule has 0 bridgehead atoms. The molecule has 1 amide bonds. The van der Waals surface area contributed by atoms with E-state index in [4.69, 9.17) is 5.84 Å². The molecule has 1 aromatic carbocycles. The number of hydrogen-bond donors (Lipinski definition) is 2. The minimum atomic E-state index is -0.191. The molecule has 0 atom stereocenters. The number of unbranched alkanes of at least 4 members (excludes halogenated alkanes) is 1. The fourth-order valence-corrected chi connectivity index (χ4v) is 1.91. The predicted octanol–water partition coefficient (Wildman–Crippen LogP) is 0.557. The van der Waals surface area contributed by atoms with E-state index in [9.17, 15) is 9.59 Å². The first kappa shape index (κ1) is 13.2. The zero-order valence-electron chi connectivity index (χ0n) is 10.5. The molecule has 1 aromatic heterocycles. The first-order chi connectivity index (χ1) is 9.22. The Kier molecular flexibility index (Phi) is 4.25. The van der Waals surface area contributed by atoms with Crippen LogP contribution in [0.1, 0.15) is 19.3 Å². The Labute approximate surface area is 110 Å². The zero-order chi connectivity index (χ0) is 13.7. The van der Waals surface area contributed by atoms with Crippen molar-refractivity contribution in [3.63, 3.8) is 0 Å². The molecule has 2 aromatic rings. The van der Waals surface area contributed by atoms with E-state index >= 15 is 0 Å². The van der Waals surface area contributed by atoms with Gasteiger partial charge in [0.15, 0.2) is 0 Å². The molecule has 0 unspecified atom stereocenters. The van der Waals surface area contributed by atoms with E-state index in [1.54, 1.807) is 17.0 Å². The van der Waals surface area contributed by atoms with Gasteiger partial charge in [-0.1, -0.05) is 12.1 Å². The quantitative estimate of drug-likeness (QED) is 0.355. The Morgan fingerprint density at radius 3 is 2.89 bits per heavy atom. The summed E-state index contributed by atoms with van der Waals surface area (Å²) in [5.41, 5.74) is 2.73. The molecule has 0 aliphatic rings. The Morgan fingerprint density at radius 2 is 2.11 bits per heavy atom. The normalized spacial score (nSPS) is 10.6. The molecule has 0 saturated heterocycles. The molecule has 2 rings (SSSR count). The van der Waals surface area contributed by atoms with Crippen LogP contribution in [0.5, 0.6) is 0 Å². The predicted molar refractivity (Wildman–Crippen MR) is 72.2 cm³/mol. The third kappa shape index (κ3) is 3.17. The number of benzene rings is 1. The molecular formula is C13H16N4O2. The van der Waals surface area contributed by atoms with Gasteiger partial charge in [-0.2, -0.15) is 0 Å². The number of hydrogen-bond acceptors (Lipinski definition) is 4. The maximum atomic E-state index is 12.1. The summed E-state index contributed by atoms with van der Waals surface area (Å²) in [4.78, 5) is 27.3. The average molecular weight is 260 g/mol. The number of hydrazine groups is 1. The first-order valence-electron chi connectivity index (χ1n) is 6.16. The summed E-state index contributed by atoms with van der Waals surface area (Å²) in [7, 11) is 0. The van der Waals surface area contributed by atoms with Gasteiger partial charge in [0.2, 0.25) is 5.91 Å².